The van der Waals surface area contributed by atoms with Crippen LogP contribution in [0.25, 0.3) is 10.1 Å². The lowest BCUT2D eigenvalue weighted by Gasteiger charge is -2.42. The highest BCUT2D eigenvalue weighted by Crippen LogP contribution is 2.40. The summed E-state index contributed by atoms with van der Waals surface area (Å²) in [5, 5.41) is 1.29. The van der Waals surface area contributed by atoms with Gasteiger partial charge < -0.3 is 28.4 Å². The lowest BCUT2D eigenvalue weighted by molar-refractivity contribution is -0.216. The second kappa shape index (κ2) is 18.0. The van der Waals surface area contributed by atoms with E-state index in [0.717, 1.165) is 62.9 Å². The molecule has 4 atom stereocenters. The van der Waals surface area contributed by atoms with Crippen molar-refractivity contribution in [2.45, 2.75) is 96.6 Å². The highest BCUT2D eigenvalue weighted by molar-refractivity contribution is 7.19. The Kier molecular flexibility index (Phi) is 14.1. The zero-order valence-corrected chi connectivity index (χ0v) is 26.8. The van der Waals surface area contributed by atoms with Gasteiger partial charge in [0.25, 0.3) is 0 Å². The second-order valence-electron chi connectivity index (χ2n) is 11.1. The summed E-state index contributed by atoms with van der Waals surface area (Å²) in [4.78, 5) is 1.34. The van der Waals surface area contributed by atoms with Crippen LogP contribution in [0.15, 0.2) is 48.5 Å². The molecule has 0 aliphatic carbocycles. The Hall–Kier alpha value is -2.00. The number of thiophene rings is 1. The lowest BCUT2D eigenvalue weighted by atomic mass is 9.91. The molecular weight excluding hydrogens is 548 g/mol. The molecule has 2 heterocycles. The van der Waals surface area contributed by atoms with E-state index in [-0.39, 0.29) is 31.2 Å². The molecule has 1 saturated heterocycles. The highest BCUT2D eigenvalue weighted by Gasteiger charge is 2.41. The van der Waals surface area contributed by atoms with Crippen molar-refractivity contribution in [1.82, 2.24) is 0 Å². The highest BCUT2D eigenvalue weighted by atomic mass is 32.1. The van der Waals surface area contributed by atoms with Crippen LogP contribution >= 0.6 is 11.3 Å². The van der Waals surface area contributed by atoms with Crippen LogP contribution in [0.3, 0.4) is 0 Å². The maximum Gasteiger partial charge on any atom is 0.188 e. The van der Waals surface area contributed by atoms with Gasteiger partial charge in [0.05, 0.1) is 18.8 Å². The maximum atomic E-state index is 6.86. The largest absolute Gasteiger partial charge is 0.467 e. The van der Waals surface area contributed by atoms with Crippen molar-refractivity contribution in [3.8, 4) is 5.75 Å². The Morgan fingerprint density at radius 3 is 2.40 bits per heavy atom. The van der Waals surface area contributed by atoms with Gasteiger partial charge in [-0.05, 0) is 54.5 Å². The number of hydrogen-bond acceptors (Lipinski definition) is 7. The summed E-state index contributed by atoms with van der Waals surface area (Å²) in [6.07, 6.45) is 7.19. The molecule has 1 aromatic heterocycles. The summed E-state index contributed by atoms with van der Waals surface area (Å²) in [5.74, 6) is 0.783. The Morgan fingerprint density at radius 1 is 0.881 bits per heavy atom. The van der Waals surface area contributed by atoms with Crippen molar-refractivity contribution < 1.29 is 28.4 Å². The molecule has 0 N–H and O–H groups in total. The zero-order chi connectivity index (χ0) is 29.6. The van der Waals surface area contributed by atoms with Crippen LogP contribution in [0.4, 0.5) is 0 Å². The van der Waals surface area contributed by atoms with Gasteiger partial charge in [0.2, 0.25) is 0 Å². The van der Waals surface area contributed by atoms with Gasteiger partial charge in [0.1, 0.15) is 18.0 Å². The van der Waals surface area contributed by atoms with Crippen LogP contribution in [0.2, 0.25) is 0 Å². The van der Waals surface area contributed by atoms with Crippen LogP contribution in [0, 0.1) is 0 Å². The molecule has 7 heteroatoms. The Morgan fingerprint density at radius 2 is 1.64 bits per heavy atom. The number of unbranched alkanes of at least 4 members (excludes halogenated alkanes) is 3. The van der Waals surface area contributed by atoms with Gasteiger partial charge in [-0.3, -0.25) is 0 Å². The van der Waals surface area contributed by atoms with E-state index >= 15 is 0 Å². The lowest BCUT2D eigenvalue weighted by Crippen LogP contribution is -2.50. The average Bonchev–Trinajstić information content (AvgIpc) is 3.42. The van der Waals surface area contributed by atoms with Gasteiger partial charge in [0, 0.05) is 54.9 Å². The monoisotopic (exact) mass is 598 g/mol. The molecule has 0 bridgehead atoms. The van der Waals surface area contributed by atoms with E-state index < -0.39 is 0 Å². The minimum Gasteiger partial charge on any atom is -0.467 e. The van der Waals surface area contributed by atoms with Crippen LogP contribution < -0.4 is 4.74 Å². The average molecular weight is 599 g/mol. The van der Waals surface area contributed by atoms with Crippen LogP contribution in [-0.4, -0.2) is 58.6 Å². The standard InChI is InChI=1S/C35H50O6S/c1-5-8-17-37-24-33-35(39-19-10-7-3)32(38-18-9-6-2)23-31(41-33)29-21-26(15-16-30(29)40-25-36-4)20-28-22-27-13-11-12-14-34(27)42-28/h11-16,21-22,31-33,35H,5-10,17-20,23-25H2,1-4H3/t31?,32-,33-,35+/m1/s1. The van der Waals surface area contributed by atoms with E-state index in [1.807, 2.05) is 11.3 Å². The molecule has 0 amide bonds. The van der Waals surface area contributed by atoms with Gasteiger partial charge in [-0.1, -0.05) is 64.3 Å². The Labute approximate surface area is 256 Å². The summed E-state index contributed by atoms with van der Waals surface area (Å²) in [6.45, 7) is 9.34. The molecule has 232 valence electrons. The van der Waals surface area contributed by atoms with Crippen LogP contribution in [-0.2, 0) is 30.1 Å². The molecule has 4 rings (SSSR count). The van der Waals surface area contributed by atoms with E-state index in [1.54, 1.807) is 7.11 Å². The topological polar surface area (TPSA) is 55.4 Å². The van der Waals surface area contributed by atoms with Crippen LogP contribution in [0.1, 0.15) is 87.8 Å². The van der Waals surface area contributed by atoms with Gasteiger partial charge in [-0.15, -0.1) is 11.3 Å². The number of benzene rings is 2. The number of fused-ring (bicyclic) bond motifs is 1. The molecule has 1 aliphatic heterocycles. The van der Waals surface area contributed by atoms with E-state index in [0.29, 0.717) is 26.2 Å². The first-order valence-electron chi connectivity index (χ1n) is 15.8. The number of rotatable bonds is 19. The van der Waals surface area contributed by atoms with Crippen molar-refractivity contribution in [3.05, 3.63) is 64.5 Å². The molecule has 2 aromatic carbocycles. The summed E-state index contributed by atoms with van der Waals surface area (Å²) < 4.78 is 38.7. The third-order valence-electron chi connectivity index (χ3n) is 7.69. The molecule has 3 aromatic rings. The molecule has 6 nitrogen and oxygen atoms in total. The summed E-state index contributed by atoms with van der Waals surface area (Å²) in [5.41, 5.74) is 2.26. The van der Waals surface area contributed by atoms with Gasteiger partial charge >= 0.3 is 0 Å². The van der Waals surface area contributed by atoms with Gasteiger partial charge in [-0.25, -0.2) is 0 Å². The third-order valence-corrected chi connectivity index (χ3v) is 8.81. The predicted molar refractivity (Wildman–Crippen MR) is 171 cm³/mol. The van der Waals surface area contributed by atoms with Gasteiger partial charge in [0.15, 0.2) is 6.79 Å². The first-order valence-corrected chi connectivity index (χ1v) is 16.7. The molecular formula is C35H50O6S. The van der Waals surface area contributed by atoms with E-state index in [2.05, 4.69) is 69.3 Å². The number of ether oxygens (including phenoxy) is 6. The Balaban J connectivity index is 1.61. The van der Waals surface area contributed by atoms with Crippen molar-refractivity contribution in [2.75, 3.05) is 40.3 Å². The molecule has 0 spiro atoms. The third kappa shape index (κ3) is 9.50. The fourth-order valence-corrected chi connectivity index (χ4v) is 6.47. The number of hydrogen-bond donors (Lipinski definition) is 0. The minimum absolute atomic E-state index is 0.0894. The van der Waals surface area contributed by atoms with E-state index in [1.165, 1.54) is 20.5 Å². The first kappa shape index (κ1) is 32.9. The van der Waals surface area contributed by atoms with Crippen LogP contribution in [0.5, 0.6) is 5.75 Å². The van der Waals surface area contributed by atoms with Crippen molar-refractivity contribution in [1.29, 1.82) is 0 Å². The summed E-state index contributed by atoms with van der Waals surface area (Å²) in [7, 11) is 1.64. The fourth-order valence-electron chi connectivity index (χ4n) is 5.37. The summed E-state index contributed by atoms with van der Waals surface area (Å²) in [6, 6.07) is 17.3. The Bertz CT molecular complexity index is 1150. The SMILES string of the molecule is CCCCOC[C@H]1OC(c2cc(Cc3cc4ccccc4s3)ccc2OCOC)C[C@@H](OCCCC)[C@@H]1OCCCC. The molecule has 1 fully saturated rings. The molecule has 0 saturated carbocycles. The smallest absolute Gasteiger partial charge is 0.188 e. The minimum atomic E-state index is -0.231. The summed E-state index contributed by atoms with van der Waals surface area (Å²) >= 11 is 1.85. The van der Waals surface area contributed by atoms with E-state index in [9.17, 15) is 0 Å². The quantitative estimate of drug-likeness (QED) is 0.102. The maximum absolute atomic E-state index is 6.86. The van der Waals surface area contributed by atoms with Crippen molar-refractivity contribution in [2.24, 2.45) is 0 Å². The number of methoxy groups -OCH3 is 1. The van der Waals surface area contributed by atoms with Gasteiger partial charge in [-0.2, -0.15) is 0 Å². The van der Waals surface area contributed by atoms with Crippen molar-refractivity contribution >= 4 is 21.4 Å². The predicted octanol–water partition coefficient (Wildman–Crippen LogP) is 8.49. The van der Waals surface area contributed by atoms with E-state index in [4.69, 9.17) is 28.4 Å². The molecule has 1 aliphatic rings. The molecule has 42 heavy (non-hydrogen) atoms. The molecule has 0 radical (unpaired) electrons. The molecule has 1 unspecified atom stereocenters. The first-order chi connectivity index (χ1) is 20.7. The van der Waals surface area contributed by atoms with Crippen molar-refractivity contribution in [3.63, 3.8) is 0 Å². The second-order valence-corrected chi connectivity index (χ2v) is 12.3. The normalized spacial score (nSPS) is 20.8. The fraction of sp³-hybridized carbons (Fsp3) is 0.600. The zero-order valence-electron chi connectivity index (χ0n) is 26.0.